The molecule has 1 heterocycles. The normalized spacial score (nSPS) is 11.7. The SMILES string of the molecule is Cc1ccccc1C(=O)N(c1cc2sc(=O)oc2c2ccccc12)S(=O)(=O)c1ccc(Br)cc1. The Morgan fingerprint density at radius 3 is 2.29 bits per heavy atom. The van der Waals surface area contributed by atoms with Crippen LogP contribution < -0.4 is 9.24 Å². The lowest BCUT2D eigenvalue weighted by Gasteiger charge is -2.25. The second-order valence-electron chi connectivity index (χ2n) is 7.57. The van der Waals surface area contributed by atoms with Crippen molar-refractivity contribution >= 4 is 69.9 Å². The molecule has 0 aliphatic carbocycles. The number of anilines is 1. The number of aryl methyl sites for hydroxylation is 1. The highest BCUT2D eigenvalue weighted by Crippen LogP contribution is 2.38. The zero-order valence-electron chi connectivity index (χ0n) is 17.7. The van der Waals surface area contributed by atoms with Crippen molar-refractivity contribution in [3.05, 3.63) is 104 Å². The fraction of sp³-hybridized carbons (Fsp3) is 0.0400. The van der Waals surface area contributed by atoms with Crippen LogP contribution in [0, 0.1) is 6.92 Å². The minimum Gasteiger partial charge on any atom is -0.413 e. The van der Waals surface area contributed by atoms with Crippen LogP contribution in [0.2, 0.25) is 0 Å². The zero-order chi connectivity index (χ0) is 24.0. The number of amides is 1. The minimum absolute atomic E-state index is 0.0396. The van der Waals surface area contributed by atoms with Gasteiger partial charge in [0.25, 0.3) is 15.9 Å². The Hall–Kier alpha value is -3.27. The number of rotatable bonds is 4. The number of fused-ring (bicyclic) bond motifs is 3. The van der Waals surface area contributed by atoms with E-state index in [1.807, 2.05) is 0 Å². The number of carbonyl (C=O) groups is 1. The first kappa shape index (κ1) is 22.5. The summed E-state index contributed by atoms with van der Waals surface area (Å²) in [5.74, 6) is -0.693. The van der Waals surface area contributed by atoms with Crippen molar-refractivity contribution in [3.63, 3.8) is 0 Å². The van der Waals surface area contributed by atoms with E-state index in [2.05, 4.69) is 15.9 Å². The lowest BCUT2D eigenvalue weighted by Crippen LogP contribution is -2.37. The average molecular weight is 554 g/mol. The van der Waals surface area contributed by atoms with Crippen molar-refractivity contribution in [1.82, 2.24) is 0 Å². The highest BCUT2D eigenvalue weighted by molar-refractivity contribution is 9.10. The highest BCUT2D eigenvalue weighted by atomic mass is 79.9. The van der Waals surface area contributed by atoms with Gasteiger partial charge in [-0.15, -0.1) is 0 Å². The minimum atomic E-state index is -4.33. The Labute approximate surface area is 207 Å². The van der Waals surface area contributed by atoms with Gasteiger partial charge >= 0.3 is 4.94 Å². The molecule has 1 amide bonds. The lowest BCUT2D eigenvalue weighted by molar-refractivity contribution is 0.100. The lowest BCUT2D eigenvalue weighted by atomic mass is 10.1. The van der Waals surface area contributed by atoms with E-state index < -0.39 is 20.9 Å². The summed E-state index contributed by atoms with van der Waals surface area (Å²) in [7, 11) is -4.33. The maximum absolute atomic E-state index is 14.0. The predicted octanol–water partition coefficient (Wildman–Crippen LogP) is 6.11. The molecule has 0 saturated carbocycles. The molecule has 0 N–H and O–H groups in total. The number of nitrogens with zero attached hydrogens (tertiary/aromatic N) is 1. The van der Waals surface area contributed by atoms with Gasteiger partial charge in [-0.05, 0) is 48.9 Å². The fourth-order valence-electron chi connectivity index (χ4n) is 3.83. The van der Waals surface area contributed by atoms with Crippen LogP contribution in [0.1, 0.15) is 15.9 Å². The monoisotopic (exact) mass is 553 g/mol. The number of hydrogen-bond acceptors (Lipinski definition) is 6. The van der Waals surface area contributed by atoms with E-state index in [0.717, 1.165) is 15.6 Å². The number of carbonyl (C=O) groups excluding carboxylic acids is 1. The van der Waals surface area contributed by atoms with Crippen LogP contribution in [0.15, 0.2) is 97.4 Å². The summed E-state index contributed by atoms with van der Waals surface area (Å²) in [5, 5.41) is 1.01. The van der Waals surface area contributed by atoms with Crippen molar-refractivity contribution < 1.29 is 17.6 Å². The van der Waals surface area contributed by atoms with Crippen molar-refractivity contribution in [1.29, 1.82) is 0 Å². The molecule has 34 heavy (non-hydrogen) atoms. The third kappa shape index (κ3) is 3.75. The summed E-state index contributed by atoms with van der Waals surface area (Å²) in [5.41, 5.74) is 1.41. The van der Waals surface area contributed by atoms with Crippen LogP contribution in [0.25, 0.3) is 21.1 Å². The topological polar surface area (TPSA) is 84.7 Å². The van der Waals surface area contributed by atoms with E-state index in [0.29, 0.717) is 31.1 Å². The van der Waals surface area contributed by atoms with E-state index in [-0.39, 0.29) is 16.1 Å². The van der Waals surface area contributed by atoms with E-state index in [9.17, 15) is 18.0 Å². The number of halogens is 1. The van der Waals surface area contributed by atoms with Crippen LogP contribution in [0.4, 0.5) is 5.69 Å². The Bertz CT molecular complexity index is 1740. The largest absolute Gasteiger partial charge is 0.413 e. The summed E-state index contributed by atoms with van der Waals surface area (Å²) >= 11 is 4.17. The molecule has 4 aromatic carbocycles. The predicted molar refractivity (Wildman–Crippen MR) is 137 cm³/mol. The molecule has 170 valence electrons. The third-order valence-electron chi connectivity index (χ3n) is 5.45. The molecule has 0 aliphatic rings. The molecule has 0 saturated heterocycles. The van der Waals surface area contributed by atoms with Crippen LogP contribution in [-0.2, 0) is 10.0 Å². The fourth-order valence-corrected chi connectivity index (χ4v) is 6.23. The maximum atomic E-state index is 14.0. The molecule has 5 rings (SSSR count). The molecule has 0 bridgehead atoms. The summed E-state index contributed by atoms with van der Waals surface area (Å²) in [6.45, 7) is 1.75. The molecular formula is C25H16BrNO5S2. The van der Waals surface area contributed by atoms with Crippen LogP contribution >= 0.6 is 27.3 Å². The van der Waals surface area contributed by atoms with Gasteiger partial charge in [-0.1, -0.05) is 69.7 Å². The summed E-state index contributed by atoms with van der Waals surface area (Å²) in [6.07, 6.45) is 0. The van der Waals surface area contributed by atoms with Gasteiger partial charge in [0, 0.05) is 20.8 Å². The number of benzene rings is 4. The molecule has 0 spiro atoms. The first-order chi connectivity index (χ1) is 16.3. The summed E-state index contributed by atoms with van der Waals surface area (Å²) < 4.78 is 35.3. The van der Waals surface area contributed by atoms with Crippen LogP contribution in [0.5, 0.6) is 0 Å². The zero-order valence-corrected chi connectivity index (χ0v) is 20.9. The van der Waals surface area contributed by atoms with Crippen molar-refractivity contribution in [2.24, 2.45) is 0 Å². The van der Waals surface area contributed by atoms with Gasteiger partial charge in [-0.3, -0.25) is 4.79 Å². The Morgan fingerprint density at radius 1 is 0.941 bits per heavy atom. The smallest absolute Gasteiger partial charge is 0.396 e. The maximum Gasteiger partial charge on any atom is 0.396 e. The molecular weight excluding hydrogens is 538 g/mol. The number of hydrogen-bond donors (Lipinski definition) is 0. The van der Waals surface area contributed by atoms with E-state index in [1.54, 1.807) is 67.6 Å². The highest BCUT2D eigenvalue weighted by Gasteiger charge is 2.34. The second kappa shape index (κ2) is 8.50. The standard InChI is InChI=1S/C25H16BrNO5S2/c1-15-6-2-3-7-18(15)24(28)27(34(30,31)17-12-10-16(26)11-13-17)21-14-22-23(32-25(29)33-22)20-9-5-4-8-19(20)21/h2-14H,1H3. The first-order valence-electron chi connectivity index (χ1n) is 10.1. The van der Waals surface area contributed by atoms with Gasteiger partial charge in [0.2, 0.25) is 0 Å². The molecule has 9 heteroatoms. The van der Waals surface area contributed by atoms with Gasteiger partial charge in [-0.25, -0.2) is 13.2 Å². The van der Waals surface area contributed by atoms with Gasteiger partial charge in [-0.2, -0.15) is 4.31 Å². The average Bonchev–Trinajstić information content (AvgIpc) is 3.20. The Morgan fingerprint density at radius 2 is 1.59 bits per heavy atom. The Kier molecular flexibility index (Phi) is 5.63. The summed E-state index contributed by atoms with van der Waals surface area (Å²) in [6, 6.07) is 21.4. The molecule has 5 aromatic rings. The number of sulfonamides is 1. The van der Waals surface area contributed by atoms with Crippen molar-refractivity contribution in [2.45, 2.75) is 11.8 Å². The van der Waals surface area contributed by atoms with Gasteiger partial charge < -0.3 is 4.42 Å². The van der Waals surface area contributed by atoms with Crippen LogP contribution in [0.3, 0.4) is 0 Å². The Balaban J connectivity index is 1.86. The van der Waals surface area contributed by atoms with Crippen molar-refractivity contribution in [3.8, 4) is 0 Å². The van der Waals surface area contributed by atoms with Gasteiger partial charge in [0.1, 0.15) is 0 Å². The van der Waals surface area contributed by atoms with Crippen molar-refractivity contribution in [2.75, 3.05) is 4.31 Å². The molecule has 0 aliphatic heterocycles. The van der Waals surface area contributed by atoms with Crippen LogP contribution in [-0.4, -0.2) is 14.3 Å². The third-order valence-corrected chi connectivity index (χ3v) is 8.46. The molecule has 0 fully saturated rings. The molecule has 0 radical (unpaired) electrons. The van der Waals surface area contributed by atoms with E-state index in [4.69, 9.17) is 4.42 Å². The first-order valence-corrected chi connectivity index (χ1v) is 13.2. The van der Waals surface area contributed by atoms with E-state index >= 15 is 0 Å². The second-order valence-corrected chi connectivity index (χ2v) is 11.2. The molecule has 0 unspecified atom stereocenters. The van der Waals surface area contributed by atoms with Gasteiger partial charge in [0.05, 0.1) is 15.3 Å². The summed E-state index contributed by atoms with van der Waals surface area (Å²) in [4.78, 5) is 25.4. The quantitative estimate of drug-likeness (QED) is 0.268. The molecule has 0 atom stereocenters. The van der Waals surface area contributed by atoms with E-state index in [1.165, 1.54) is 18.2 Å². The van der Waals surface area contributed by atoms with Gasteiger partial charge in [0.15, 0.2) is 5.58 Å². The molecule has 1 aromatic heterocycles. The molecule has 6 nitrogen and oxygen atoms in total.